The number of rotatable bonds is 5. The number of benzene rings is 2. The van der Waals surface area contributed by atoms with Gasteiger partial charge >= 0.3 is 0 Å². The van der Waals surface area contributed by atoms with E-state index in [9.17, 15) is 4.79 Å². The highest BCUT2D eigenvalue weighted by atomic mass is 16.2. The van der Waals surface area contributed by atoms with Gasteiger partial charge in [0.1, 0.15) is 0 Å². The molecule has 0 saturated carbocycles. The van der Waals surface area contributed by atoms with Crippen LogP contribution in [0.5, 0.6) is 0 Å². The molecule has 2 aromatic rings. The number of nitrogens with zero attached hydrogens (tertiary/aromatic N) is 2. The SMILES string of the molecule is CC/C(=N\NC(=O)c1ccc(N(C)C)cc1)c1ccccc1. The van der Waals surface area contributed by atoms with Crippen molar-refractivity contribution in [2.24, 2.45) is 5.10 Å². The monoisotopic (exact) mass is 295 g/mol. The summed E-state index contributed by atoms with van der Waals surface area (Å²) in [6.07, 6.45) is 0.754. The lowest BCUT2D eigenvalue weighted by atomic mass is 10.1. The molecule has 0 unspecified atom stereocenters. The van der Waals surface area contributed by atoms with Crippen molar-refractivity contribution < 1.29 is 4.79 Å². The van der Waals surface area contributed by atoms with Gasteiger partial charge in [-0.3, -0.25) is 4.79 Å². The van der Waals surface area contributed by atoms with Gasteiger partial charge in [-0.15, -0.1) is 0 Å². The van der Waals surface area contributed by atoms with Crippen molar-refractivity contribution in [3.05, 3.63) is 65.7 Å². The molecule has 0 radical (unpaired) electrons. The van der Waals surface area contributed by atoms with Crippen LogP contribution in [0.4, 0.5) is 5.69 Å². The van der Waals surface area contributed by atoms with Crippen LogP contribution in [0.3, 0.4) is 0 Å². The molecule has 0 aromatic heterocycles. The van der Waals surface area contributed by atoms with Crippen molar-refractivity contribution in [1.29, 1.82) is 0 Å². The maximum absolute atomic E-state index is 12.1. The first-order valence-electron chi connectivity index (χ1n) is 7.31. The van der Waals surface area contributed by atoms with Gasteiger partial charge in [0.05, 0.1) is 5.71 Å². The molecule has 0 spiro atoms. The van der Waals surface area contributed by atoms with Crippen molar-refractivity contribution in [2.45, 2.75) is 13.3 Å². The van der Waals surface area contributed by atoms with Crippen LogP contribution in [0.1, 0.15) is 29.3 Å². The molecule has 22 heavy (non-hydrogen) atoms. The lowest BCUT2D eigenvalue weighted by Gasteiger charge is -2.12. The van der Waals surface area contributed by atoms with E-state index in [0.29, 0.717) is 5.56 Å². The average Bonchev–Trinajstić information content (AvgIpc) is 2.56. The summed E-state index contributed by atoms with van der Waals surface area (Å²) in [6.45, 7) is 2.02. The van der Waals surface area contributed by atoms with Gasteiger partial charge in [-0.1, -0.05) is 37.3 Å². The molecule has 2 aromatic carbocycles. The minimum Gasteiger partial charge on any atom is -0.378 e. The van der Waals surface area contributed by atoms with Crippen LogP contribution in [-0.2, 0) is 0 Å². The minimum absolute atomic E-state index is 0.202. The largest absolute Gasteiger partial charge is 0.378 e. The van der Waals surface area contributed by atoms with Crippen molar-refractivity contribution in [3.8, 4) is 0 Å². The second kappa shape index (κ2) is 7.41. The van der Waals surface area contributed by atoms with Crippen LogP contribution in [0, 0.1) is 0 Å². The third kappa shape index (κ3) is 3.95. The third-order valence-electron chi connectivity index (χ3n) is 3.38. The molecule has 114 valence electrons. The van der Waals surface area contributed by atoms with Gasteiger partial charge in [0, 0.05) is 25.3 Å². The number of hydrazone groups is 1. The molecule has 1 amide bonds. The van der Waals surface area contributed by atoms with E-state index >= 15 is 0 Å². The lowest BCUT2D eigenvalue weighted by Crippen LogP contribution is -2.20. The van der Waals surface area contributed by atoms with E-state index in [0.717, 1.165) is 23.4 Å². The van der Waals surface area contributed by atoms with Crippen molar-refractivity contribution in [2.75, 3.05) is 19.0 Å². The normalized spacial score (nSPS) is 11.1. The van der Waals surface area contributed by atoms with E-state index in [4.69, 9.17) is 0 Å². The molecular weight excluding hydrogens is 274 g/mol. The number of carbonyl (C=O) groups is 1. The Hall–Kier alpha value is -2.62. The van der Waals surface area contributed by atoms with Gasteiger partial charge in [0.2, 0.25) is 0 Å². The van der Waals surface area contributed by atoms with Crippen LogP contribution in [-0.4, -0.2) is 25.7 Å². The van der Waals surface area contributed by atoms with Gasteiger partial charge in [-0.25, -0.2) is 5.43 Å². The Kier molecular flexibility index (Phi) is 5.31. The van der Waals surface area contributed by atoms with Crippen molar-refractivity contribution in [3.63, 3.8) is 0 Å². The molecular formula is C18H21N3O. The highest BCUT2D eigenvalue weighted by Gasteiger charge is 2.06. The quantitative estimate of drug-likeness (QED) is 0.679. The van der Waals surface area contributed by atoms with E-state index in [2.05, 4.69) is 10.5 Å². The van der Waals surface area contributed by atoms with Crippen LogP contribution < -0.4 is 10.3 Å². The maximum Gasteiger partial charge on any atom is 0.271 e. The average molecular weight is 295 g/mol. The van der Waals surface area contributed by atoms with Crippen LogP contribution in [0.25, 0.3) is 0 Å². The number of carbonyl (C=O) groups excluding carboxylic acids is 1. The first-order valence-corrected chi connectivity index (χ1v) is 7.31. The van der Waals surface area contributed by atoms with E-state index < -0.39 is 0 Å². The molecule has 0 fully saturated rings. The van der Waals surface area contributed by atoms with E-state index in [1.165, 1.54) is 0 Å². The summed E-state index contributed by atoms with van der Waals surface area (Å²) in [5, 5.41) is 4.25. The Morgan fingerprint density at radius 3 is 2.18 bits per heavy atom. The molecule has 2 rings (SSSR count). The van der Waals surface area contributed by atoms with Gasteiger partial charge in [0.15, 0.2) is 0 Å². The highest BCUT2D eigenvalue weighted by Crippen LogP contribution is 2.12. The van der Waals surface area contributed by atoms with Crippen molar-refractivity contribution >= 4 is 17.3 Å². The lowest BCUT2D eigenvalue weighted by molar-refractivity contribution is 0.0955. The zero-order valence-corrected chi connectivity index (χ0v) is 13.2. The van der Waals surface area contributed by atoms with Crippen LogP contribution in [0.15, 0.2) is 59.7 Å². The molecule has 0 aliphatic heterocycles. The van der Waals surface area contributed by atoms with Crippen LogP contribution in [0.2, 0.25) is 0 Å². The second-order valence-corrected chi connectivity index (χ2v) is 5.16. The Labute approximate surface area is 131 Å². The van der Waals surface area contributed by atoms with Crippen LogP contribution >= 0.6 is 0 Å². The van der Waals surface area contributed by atoms with E-state index in [1.807, 2.05) is 68.4 Å². The fraction of sp³-hybridized carbons (Fsp3) is 0.222. The third-order valence-corrected chi connectivity index (χ3v) is 3.38. The molecule has 4 heteroatoms. The number of anilines is 1. The molecule has 0 atom stereocenters. The number of nitrogens with one attached hydrogen (secondary N) is 1. The summed E-state index contributed by atoms with van der Waals surface area (Å²) in [7, 11) is 3.93. The van der Waals surface area contributed by atoms with Gasteiger partial charge in [-0.2, -0.15) is 5.10 Å². The first kappa shape index (κ1) is 15.8. The molecule has 0 aliphatic carbocycles. The minimum atomic E-state index is -0.202. The molecule has 0 heterocycles. The van der Waals surface area contributed by atoms with Crippen molar-refractivity contribution in [1.82, 2.24) is 5.43 Å². The fourth-order valence-corrected chi connectivity index (χ4v) is 2.07. The van der Waals surface area contributed by atoms with E-state index in [1.54, 1.807) is 12.1 Å². The predicted molar refractivity (Wildman–Crippen MR) is 91.5 cm³/mol. The first-order chi connectivity index (χ1) is 10.6. The number of amides is 1. The molecule has 1 N–H and O–H groups in total. The predicted octanol–water partition coefficient (Wildman–Crippen LogP) is 3.30. The summed E-state index contributed by atoms with van der Waals surface area (Å²) >= 11 is 0. The summed E-state index contributed by atoms with van der Waals surface area (Å²) in [5.41, 5.74) is 6.16. The summed E-state index contributed by atoms with van der Waals surface area (Å²) < 4.78 is 0. The molecule has 4 nitrogen and oxygen atoms in total. The summed E-state index contributed by atoms with van der Waals surface area (Å²) in [6, 6.07) is 17.3. The topological polar surface area (TPSA) is 44.7 Å². The summed E-state index contributed by atoms with van der Waals surface area (Å²) in [4.78, 5) is 14.1. The molecule has 0 bridgehead atoms. The van der Waals surface area contributed by atoms with Gasteiger partial charge in [0.25, 0.3) is 5.91 Å². The standard InChI is InChI=1S/C18H21N3O/c1-4-17(14-8-6-5-7-9-14)19-20-18(22)15-10-12-16(13-11-15)21(2)3/h5-13H,4H2,1-3H3,(H,20,22)/b19-17+. The Balaban J connectivity index is 2.09. The Bertz CT molecular complexity index is 646. The molecule has 0 saturated heterocycles. The maximum atomic E-state index is 12.1. The second-order valence-electron chi connectivity index (χ2n) is 5.16. The Morgan fingerprint density at radius 2 is 1.64 bits per heavy atom. The van der Waals surface area contributed by atoms with Gasteiger partial charge < -0.3 is 4.90 Å². The number of hydrogen-bond donors (Lipinski definition) is 1. The zero-order valence-electron chi connectivity index (χ0n) is 13.2. The fourth-order valence-electron chi connectivity index (χ4n) is 2.07. The summed E-state index contributed by atoms with van der Waals surface area (Å²) in [5.74, 6) is -0.202. The smallest absolute Gasteiger partial charge is 0.271 e. The molecule has 0 aliphatic rings. The van der Waals surface area contributed by atoms with Gasteiger partial charge in [-0.05, 0) is 36.2 Å². The van der Waals surface area contributed by atoms with E-state index in [-0.39, 0.29) is 5.91 Å². The highest BCUT2D eigenvalue weighted by molar-refractivity contribution is 6.02. The Morgan fingerprint density at radius 1 is 1.00 bits per heavy atom. The zero-order chi connectivity index (χ0) is 15.9. The number of hydrogen-bond acceptors (Lipinski definition) is 3.